The summed E-state index contributed by atoms with van der Waals surface area (Å²) < 4.78 is 5.35. The molecule has 30 heavy (non-hydrogen) atoms. The summed E-state index contributed by atoms with van der Waals surface area (Å²) in [5.74, 6) is -0.591. The molecule has 0 bridgehead atoms. The van der Waals surface area contributed by atoms with Crippen molar-refractivity contribution in [2.24, 2.45) is 5.92 Å². The molecule has 2 atom stereocenters. The summed E-state index contributed by atoms with van der Waals surface area (Å²) >= 11 is 7.42. The van der Waals surface area contributed by atoms with Crippen molar-refractivity contribution in [1.29, 1.82) is 0 Å². The predicted molar refractivity (Wildman–Crippen MR) is 114 cm³/mol. The van der Waals surface area contributed by atoms with E-state index in [0.717, 1.165) is 6.42 Å². The van der Waals surface area contributed by atoms with Gasteiger partial charge in [0, 0.05) is 36.1 Å². The molecule has 2 saturated heterocycles. The van der Waals surface area contributed by atoms with Crippen molar-refractivity contribution in [1.82, 2.24) is 9.88 Å². The number of benzene rings is 1. The van der Waals surface area contributed by atoms with Gasteiger partial charge >= 0.3 is 0 Å². The fourth-order valence-electron chi connectivity index (χ4n) is 3.99. The lowest BCUT2D eigenvalue weighted by atomic mass is 10.1. The first-order chi connectivity index (χ1) is 14.5. The maximum Gasteiger partial charge on any atom is 0.248 e. The van der Waals surface area contributed by atoms with Crippen LogP contribution in [0.3, 0.4) is 0 Å². The number of carbonyl (C=O) groups excluding carboxylic acids is 3. The molecule has 0 radical (unpaired) electrons. The van der Waals surface area contributed by atoms with Crippen LogP contribution in [-0.2, 0) is 14.4 Å². The molecule has 1 aromatic carbocycles. The third-order valence-corrected chi connectivity index (χ3v) is 6.33. The number of methoxy groups -OCH3 is 1. The Balaban J connectivity index is 1.48. The lowest BCUT2D eigenvalue weighted by Crippen LogP contribution is -2.46. The quantitative estimate of drug-likeness (QED) is 0.759. The Morgan fingerprint density at radius 1 is 1.37 bits per heavy atom. The molecule has 10 heteroatoms. The van der Waals surface area contributed by atoms with E-state index in [-0.39, 0.29) is 30.7 Å². The maximum absolute atomic E-state index is 13.2. The molecule has 3 amide bonds. The van der Waals surface area contributed by atoms with E-state index in [4.69, 9.17) is 16.3 Å². The first kappa shape index (κ1) is 20.6. The smallest absolute Gasteiger partial charge is 0.248 e. The number of amides is 3. The van der Waals surface area contributed by atoms with Gasteiger partial charge in [-0.25, -0.2) is 4.98 Å². The molecule has 2 aromatic rings. The van der Waals surface area contributed by atoms with E-state index in [1.54, 1.807) is 34.7 Å². The molecule has 0 saturated carbocycles. The highest BCUT2D eigenvalue weighted by molar-refractivity contribution is 7.13. The number of anilines is 2. The molecule has 8 nitrogen and oxygen atoms in total. The van der Waals surface area contributed by atoms with Gasteiger partial charge in [-0.05, 0) is 31.0 Å². The van der Waals surface area contributed by atoms with Gasteiger partial charge < -0.3 is 19.9 Å². The standard InChI is InChI=1S/C20H21ClN4O4S/c1-29-16-5-4-13(21)10-15(16)25-11-12(9-17(25)26)19(28)24-7-2-3-14(24)18(27)23-20-22-6-8-30-20/h4-6,8,10,12,14H,2-3,7,9,11H2,1H3,(H,22,23,27). The Kier molecular flexibility index (Phi) is 5.92. The van der Waals surface area contributed by atoms with E-state index in [1.165, 1.54) is 23.3 Å². The second-order valence-electron chi connectivity index (χ2n) is 7.24. The Labute approximate surface area is 182 Å². The number of thiazole rings is 1. The summed E-state index contributed by atoms with van der Waals surface area (Å²) in [5.41, 5.74) is 0.546. The van der Waals surface area contributed by atoms with E-state index < -0.39 is 12.0 Å². The number of hydrogen-bond donors (Lipinski definition) is 1. The largest absolute Gasteiger partial charge is 0.495 e. The molecular weight excluding hydrogens is 428 g/mol. The van der Waals surface area contributed by atoms with Crippen LogP contribution in [0.5, 0.6) is 5.75 Å². The highest BCUT2D eigenvalue weighted by Gasteiger charge is 2.42. The highest BCUT2D eigenvalue weighted by atomic mass is 35.5. The second-order valence-corrected chi connectivity index (χ2v) is 8.57. The lowest BCUT2D eigenvalue weighted by Gasteiger charge is -2.26. The number of aromatic nitrogens is 1. The van der Waals surface area contributed by atoms with Gasteiger partial charge in [-0.3, -0.25) is 14.4 Å². The highest BCUT2D eigenvalue weighted by Crippen LogP contribution is 2.36. The number of carbonyl (C=O) groups is 3. The molecule has 2 aliphatic heterocycles. The van der Waals surface area contributed by atoms with Crippen LogP contribution < -0.4 is 15.0 Å². The maximum atomic E-state index is 13.2. The fourth-order valence-corrected chi connectivity index (χ4v) is 4.69. The van der Waals surface area contributed by atoms with Crippen molar-refractivity contribution < 1.29 is 19.1 Å². The zero-order chi connectivity index (χ0) is 21.3. The Bertz CT molecular complexity index is 968. The van der Waals surface area contributed by atoms with Gasteiger partial charge in [0.05, 0.1) is 18.7 Å². The minimum atomic E-state index is -0.550. The van der Waals surface area contributed by atoms with Crippen LogP contribution in [0.4, 0.5) is 10.8 Å². The average molecular weight is 449 g/mol. The number of halogens is 1. The van der Waals surface area contributed by atoms with Gasteiger partial charge in [0.25, 0.3) is 0 Å². The zero-order valence-electron chi connectivity index (χ0n) is 16.3. The summed E-state index contributed by atoms with van der Waals surface area (Å²) in [6.07, 6.45) is 3.04. The van der Waals surface area contributed by atoms with Crippen LogP contribution in [0.2, 0.25) is 5.02 Å². The fraction of sp³-hybridized carbons (Fsp3) is 0.400. The van der Waals surface area contributed by atoms with Gasteiger partial charge in [0.15, 0.2) is 5.13 Å². The molecular formula is C20H21ClN4O4S. The van der Waals surface area contributed by atoms with Gasteiger partial charge in [0.2, 0.25) is 17.7 Å². The summed E-state index contributed by atoms with van der Waals surface area (Å²) in [4.78, 5) is 45.7. The second kappa shape index (κ2) is 8.61. The number of hydrogen-bond acceptors (Lipinski definition) is 6. The Morgan fingerprint density at radius 3 is 2.93 bits per heavy atom. The average Bonchev–Trinajstić information content (AvgIpc) is 3.48. The van der Waals surface area contributed by atoms with Crippen molar-refractivity contribution in [3.8, 4) is 5.75 Å². The van der Waals surface area contributed by atoms with E-state index in [9.17, 15) is 14.4 Å². The number of ether oxygens (including phenoxy) is 1. The zero-order valence-corrected chi connectivity index (χ0v) is 17.9. The topological polar surface area (TPSA) is 91.8 Å². The monoisotopic (exact) mass is 448 g/mol. The molecule has 158 valence electrons. The predicted octanol–water partition coefficient (Wildman–Crippen LogP) is 2.79. The van der Waals surface area contributed by atoms with E-state index >= 15 is 0 Å². The third kappa shape index (κ3) is 3.99. The molecule has 1 aromatic heterocycles. The minimum absolute atomic E-state index is 0.0891. The van der Waals surface area contributed by atoms with Crippen LogP contribution in [0.1, 0.15) is 19.3 Å². The van der Waals surface area contributed by atoms with Gasteiger partial charge in [-0.2, -0.15) is 0 Å². The Morgan fingerprint density at radius 2 is 2.20 bits per heavy atom. The molecule has 0 spiro atoms. The molecule has 3 heterocycles. The van der Waals surface area contributed by atoms with E-state index in [2.05, 4.69) is 10.3 Å². The van der Waals surface area contributed by atoms with Crippen molar-refractivity contribution in [2.45, 2.75) is 25.3 Å². The van der Waals surface area contributed by atoms with Crippen molar-refractivity contribution in [2.75, 3.05) is 30.4 Å². The molecule has 4 rings (SSSR count). The van der Waals surface area contributed by atoms with Crippen LogP contribution in [0.15, 0.2) is 29.8 Å². The first-order valence-corrected chi connectivity index (χ1v) is 10.9. The van der Waals surface area contributed by atoms with Crippen molar-refractivity contribution in [3.05, 3.63) is 34.8 Å². The molecule has 2 aliphatic rings. The van der Waals surface area contributed by atoms with Gasteiger partial charge in [-0.1, -0.05) is 11.6 Å². The van der Waals surface area contributed by atoms with Gasteiger partial charge in [-0.15, -0.1) is 11.3 Å². The minimum Gasteiger partial charge on any atom is -0.495 e. The number of nitrogens with one attached hydrogen (secondary N) is 1. The van der Waals surface area contributed by atoms with Crippen molar-refractivity contribution >= 4 is 51.5 Å². The number of likely N-dealkylation sites (tertiary alicyclic amines) is 1. The molecule has 0 aliphatic carbocycles. The summed E-state index contributed by atoms with van der Waals surface area (Å²) in [6.45, 7) is 0.728. The number of rotatable bonds is 5. The van der Waals surface area contributed by atoms with Gasteiger partial charge in [0.1, 0.15) is 11.8 Å². The third-order valence-electron chi connectivity index (χ3n) is 5.41. The van der Waals surface area contributed by atoms with Crippen molar-refractivity contribution in [3.63, 3.8) is 0 Å². The number of nitrogens with zero attached hydrogens (tertiary/aromatic N) is 3. The lowest BCUT2D eigenvalue weighted by molar-refractivity contribution is -0.140. The Hall–Kier alpha value is -2.65. The molecule has 1 N–H and O–H groups in total. The van der Waals surface area contributed by atoms with Crippen LogP contribution >= 0.6 is 22.9 Å². The normalized spacial score (nSPS) is 21.2. The first-order valence-electron chi connectivity index (χ1n) is 9.62. The SMILES string of the molecule is COc1ccc(Cl)cc1N1CC(C(=O)N2CCCC2C(=O)Nc2nccs2)CC1=O. The van der Waals surface area contributed by atoms with Crippen LogP contribution in [-0.4, -0.2) is 53.8 Å². The van der Waals surface area contributed by atoms with Crippen LogP contribution in [0.25, 0.3) is 0 Å². The summed E-state index contributed by atoms with van der Waals surface area (Å²) in [5, 5.41) is 5.53. The summed E-state index contributed by atoms with van der Waals surface area (Å²) in [7, 11) is 1.52. The molecule has 2 unspecified atom stereocenters. The summed E-state index contributed by atoms with van der Waals surface area (Å²) in [6, 6.07) is 4.49. The van der Waals surface area contributed by atoms with Crippen LogP contribution in [0, 0.1) is 5.92 Å². The molecule has 2 fully saturated rings. The van der Waals surface area contributed by atoms with E-state index in [1.807, 2.05) is 0 Å². The van der Waals surface area contributed by atoms with E-state index in [0.29, 0.717) is 34.6 Å².